The Bertz CT molecular complexity index is 408. The standard InChI is InChI=1S/C11H13NO2S/c1-8(7-13)10-6-12-11(15-10)5-9-3-2-4-14-9/h2-4,6,8,13H,5,7H2,1H3. The zero-order valence-corrected chi connectivity index (χ0v) is 9.33. The fourth-order valence-corrected chi connectivity index (χ4v) is 2.26. The van der Waals surface area contributed by atoms with Gasteiger partial charge in [0, 0.05) is 17.0 Å². The molecule has 0 aromatic carbocycles. The summed E-state index contributed by atoms with van der Waals surface area (Å²) in [7, 11) is 0. The molecule has 0 spiro atoms. The van der Waals surface area contributed by atoms with E-state index in [9.17, 15) is 0 Å². The molecule has 0 saturated heterocycles. The lowest BCUT2D eigenvalue weighted by Gasteiger charge is -2.01. The van der Waals surface area contributed by atoms with Gasteiger partial charge in [0.2, 0.25) is 0 Å². The van der Waals surface area contributed by atoms with E-state index in [0.29, 0.717) is 0 Å². The van der Waals surface area contributed by atoms with Gasteiger partial charge >= 0.3 is 0 Å². The third-order valence-corrected chi connectivity index (χ3v) is 3.47. The van der Waals surface area contributed by atoms with E-state index in [1.54, 1.807) is 17.6 Å². The van der Waals surface area contributed by atoms with Crippen molar-refractivity contribution in [2.45, 2.75) is 19.3 Å². The SMILES string of the molecule is CC(CO)c1cnc(Cc2ccco2)s1. The number of furan rings is 1. The minimum atomic E-state index is 0.169. The maximum atomic E-state index is 9.01. The first-order chi connectivity index (χ1) is 7.29. The summed E-state index contributed by atoms with van der Waals surface area (Å²) in [6.45, 7) is 2.16. The van der Waals surface area contributed by atoms with Gasteiger partial charge in [0.1, 0.15) is 10.8 Å². The summed E-state index contributed by atoms with van der Waals surface area (Å²) in [4.78, 5) is 5.43. The molecule has 1 N–H and O–H groups in total. The van der Waals surface area contributed by atoms with Gasteiger partial charge in [-0.25, -0.2) is 4.98 Å². The first-order valence-electron chi connectivity index (χ1n) is 4.87. The molecule has 2 rings (SSSR count). The van der Waals surface area contributed by atoms with Crippen LogP contribution in [0, 0.1) is 0 Å². The fraction of sp³-hybridized carbons (Fsp3) is 0.364. The summed E-state index contributed by atoms with van der Waals surface area (Å²) in [5.74, 6) is 1.10. The quantitative estimate of drug-likeness (QED) is 0.865. The minimum Gasteiger partial charge on any atom is -0.469 e. The van der Waals surface area contributed by atoms with E-state index in [1.807, 2.05) is 25.3 Å². The van der Waals surface area contributed by atoms with Gasteiger partial charge in [0.25, 0.3) is 0 Å². The van der Waals surface area contributed by atoms with Gasteiger partial charge in [-0.2, -0.15) is 0 Å². The van der Waals surface area contributed by atoms with Gasteiger partial charge in [0.15, 0.2) is 0 Å². The molecule has 15 heavy (non-hydrogen) atoms. The van der Waals surface area contributed by atoms with Crippen LogP contribution in [0.2, 0.25) is 0 Å². The third kappa shape index (κ3) is 2.46. The lowest BCUT2D eigenvalue weighted by atomic mass is 10.2. The molecular weight excluding hydrogens is 210 g/mol. The maximum absolute atomic E-state index is 9.01. The van der Waals surface area contributed by atoms with Crippen molar-refractivity contribution < 1.29 is 9.52 Å². The van der Waals surface area contributed by atoms with Crippen molar-refractivity contribution in [1.29, 1.82) is 0 Å². The number of rotatable bonds is 4. The van der Waals surface area contributed by atoms with E-state index in [2.05, 4.69) is 4.98 Å². The number of aliphatic hydroxyl groups excluding tert-OH is 1. The van der Waals surface area contributed by atoms with E-state index in [-0.39, 0.29) is 12.5 Å². The lowest BCUT2D eigenvalue weighted by molar-refractivity contribution is 0.274. The van der Waals surface area contributed by atoms with Gasteiger partial charge in [-0.3, -0.25) is 0 Å². The summed E-state index contributed by atoms with van der Waals surface area (Å²) in [5.41, 5.74) is 0. The van der Waals surface area contributed by atoms with Crippen LogP contribution in [-0.2, 0) is 6.42 Å². The molecule has 0 fully saturated rings. The lowest BCUT2D eigenvalue weighted by Crippen LogP contribution is -1.94. The van der Waals surface area contributed by atoms with Gasteiger partial charge in [-0.15, -0.1) is 11.3 Å². The molecular formula is C11H13NO2S. The maximum Gasteiger partial charge on any atom is 0.110 e. The second-order valence-electron chi connectivity index (χ2n) is 3.50. The monoisotopic (exact) mass is 223 g/mol. The van der Waals surface area contributed by atoms with Crippen molar-refractivity contribution in [3.63, 3.8) is 0 Å². The van der Waals surface area contributed by atoms with Crippen LogP contribution in [-0.4, -0.2) is 16.7 Å². The number of aliphatic hydroxyl groups is 1. The molecule has 1 atom stereocenters. The highest BCUT2D eigenvalue weighted by Gasteiger charge is 2.09. The Kier molecular flexibility index (Phi) is 3.18. The van der Waals surface area contributed by atoms with Crippen molar-refractivity contribution in [2.75, 3.05) is 6.61 Å². The molecule has 3 nitrogen and oxygen atoms in total. The molecule has 0 aliphatic heterocycles. The van der Waals surface area contributed by atoms with Crippen LogP contribution in [0.1, 0.15) is 28.5 Å². The summed E-state index contributed by atoms with van der Waals surface area (Å²) >= 11 is 1.63. The first kappa shape index (κ1) is 10.4. The van der Waals surface area contributed by atoms with Crippen LogP contribution in [0.5, 0.6) is 0 Å². The van der Waals surface area contributed by atoms with E-state index in [4.69, 9.17) is 9.52 Å². The highest BCUT2D eigenvalue weighted by Crippen LogP contribution is 2.23. The first-order valence-corrected chi connectivity index (χ1v) is 5.69. The Morgan fingerprint density at radius 1 is 1.60 bits per heavy atom. The largest absolute Gasteiger partial charge is 0.469 e. The second kappa shape index (κ2) is 4.59. The van der Waals surface area contributed by atoms with Crippen molar-refractivity contribution in [2.24, 2.45) is 0 Å². The van der Waals surface area contributed by atoms with Crippen LogP contribution < -0.4 is 0 Å². The Hall–Kier alpha value is -1.13. The molecule has 0 radical (unpaired) electrons. The number of aromatic nitrogens is 1. The van der Waals surface area contributed by atoms with Crippen molar-refractivity contribution in [3.8, 4) is 0 Å². The van der Waals surface area contributed by atoms with Crippen molar-refractivity contribution >= 4 is 11.3 Å². The Labute approximate surface area is 92.4 Å². The van der Waals surface area contributed by atoms with Crippen LogP contribution in [0.4, 0.5) is 0 Å². The second-order valence-corrected chi connectivity index (χ2v) is 4.64. The summed E-state index contributed by atoms with van der Waals surface area (Å²) < 4.78 is 5.25. The molecule has 0 aliphatic carbocycles. The topological polar surface area (TPSA) is 46.3 Å². The van der Waals surface area contributed by atoms with Crippen molar-refractivity contribution in [3.05, 3.63) is 40.2 Å². The average Bonchev–Trinajstić information content (AvgIpc) is 2.88. The highest BCUT2D eigenvalue weighted by molar-refractivity contribution is 7.11. The number of nitrogens with zero attached hydrogens (tertiary/aromatic N) is 1. The van der Waals surface area contributed by atoms with E-state index < -0.39 is 0 Å². The van der Waals surface area contributed by atoms with Gasteiger partial charge in [-0.1, -0.05) is 6.92 Å². The fourth-order valence-electron chi connectivity index (χ4n) is 1.29. The molecule has 80 valence electrons. The summed E-state index contributed by atoms with van der Waals surface area (Å²) in [5, 5.41) is 10.0. The molecule has 0 saturated carbocycles. The highest BCUT2D eigenvalue weighted by atomic mass is 32.1. The molecule has 2 aromatic rings. The summed E-state index contributed by atoms with van der Waals surface area (Å²) in [6, 6.07) is 3.82. The molecule has 1 unspecified atom stereocenters. The van der Waals surface area contributed by atoms with E-state index in [1.165, 1.54) is 0 Å². The third-order valence-electron chi connectivity index (χ3n) is 2.24. The van der Waals surface area contributed by atoms with Gasteiger partial charge in [-0.05, 0) is 12.1 Å². The van der Waals surface area contributed by atoms with Crippen LogP contribution in [0.15, 0.2) is 29.0 Å². The van der Waals surface area contributed by atoms with Gasteiger partial charge < -0.3 is 9.52 Å². The normalized spacial score (nSPS) is 12.9. The van der Waals surface area contributed by atoms with Crippen molar-refractivity contribution in [1.82, 2.24) is 4.98 Å². The molecule has 0 aliphatic rings. The smallest absolute Gasteiger partial charge is 0.110 e. The molecule has 0 bridgehead atoms. The zero-order valence-electron chi connectivity index (χ0n) is 8.51. The van der Waals surface area contributed by atoms with E-state index >= 15 is 0 Å². The summed E-state index contributed by atoms with van der Waals surface area (Å²) in [6.07, 6.45) is 4.24. The predicted octanol–water partition coefficient (Wildman–Crippen LogP) is 2.42. The van der Waals surface area contributed by atoms with Gasteiger partial charge in [0.05, 0.1) is 19.3 Å². The molecule has 0 amide bonds. The van der Waals surface area contributed by atoms with Crippen LogP contribution in [0.3, 0.4) is 0 Å². The minimum absolute atomic E-state index is 0.169. The Morgan fingerprint density at radius 3 is 3.13 bits per heavy atom. The van der Waals surface area contributed by atoms with E-state index in [0.717, 1.165) is 22.1 Å². The number of hydrogen-bond acceptors (Lipinski definition) is 4. The Morgan fingerprint density at radius 2 is 2.47 bits per heavy atom. The Balaban J connectivity index is 2.07. The number of hydrogen-bond donors (Lipinski definition) is 1. The zero-order chi connectivity index (χ0) is 10.7. The molecule has 2 heterocycles. The predicted molar refractivity (Wildman–Crippen MR) is 59.1 cm³/mol. The average molecular weight is 223 g/mol. The molecule has 2 aromatic heterocycles. The molecule has 4 heteroatoms. The van der Waals surface area contributed by atoms with Crippen LogP contribution in [0.25, 0.3) is 0 Å². The van der Waals surface area contributed by atoms with Crippen LogP contribution >= 0.6 is 11.3 Å². The number of thiazole rings is 1.